The molecule has 0 saturated heterocycles. The van der Waals surface area contributed by atoms with E-state index < -0.39 is 0 Å². The smallest absolute Gasteiger partial charge is 0.233 e. The minimum atomic E-state index is -0.372. The van der Waals surface area contributed by atoms with E-state index in [0.29, 0.717) is 23.4 Å². The van der Waals surface area contributed by atoms with Crippen molar-refractivity contribution < 1.29 is 14.3 Å². The Kier molecular flexibility index (Phi) is 3.72. The highest BCUT2D eigenvalue weighted by atomic mass is 32.1. The molecule has 94 valence electrons. The molecule has 3 nitrogen and oxygen atoms in total. The van der Waals surface area contributed by atoms with E-state index in [1.807, 2.05) is 6.92 Å². The average Bonchev–Trinajstić information content (AvgIpc) is 2.72. The van der Waals surface area contributed by atoms with Gasteiger partial charge in [0, 0.05) is 12.0 Å². The van der Waals surface area contributed by atoms with Gasteiger partial charge in [0.15, 0.2) is 5.78 Å². The van der Waals surface area contributed by atoms with Crippen molar-refractivity contribution >= 4 is 17.1 Å². The molecule has 0 atom stereocenters. The van der Waals surface area contributed by atoms with Gasteiger partial charge in [-0.15, -0.1) is 11.3 Å². The normalized spacial score (nSPS) is 10.6. The lowest BCUT2D eigenvalue weighted by atomic mass is 10.2. The molecule has 2 rings (SSSR count). The first-order valence-corrected chi connectivity index (χ1v) is 6.42. The van der Waals surface area contributed by atoms with Crippen LogP contribution in [0, 0.1) is 5.82 Å². The average molecular weight is 265 g/mol. The highest BCUT2D eigenvalue weighted by Crippen LogP contribution is 2.32. The molecule has 0 amide bonds. The molecule has 0 spiro atoms. The molecule has 18 heavy (non-hydrogen) atoms. The zero-order chi connectivity index (χ0) is 13.1. The fourth-order valence-electron chi connectivity index (χ4n) is 1.58. The number of aromatic hydroxyl groups is 1. The Morgan fingerprint density at radius 3 is 2.94 bits per heavy atom. The number of aromatic nitrogens is 1. The summed E-state index contributed by atoms with van der Waals surface area (Å²) in [5.74, 6) is -0.767. The molecule has 0 aliphatic carbocycles. The predicted octanol–water partition coefficient (Wildman–Crippen LogP) is 3.64. The molecule has 0 unspecified atom stereocenters. The second-order valence-corrected chi connectivity index (χ2v) is 4.85. The molecule has 0 radical (unpaired) electrons. The van der Waals surface area contributed by atoms with Gasteiger partial charge in [-0.3, -0.25) is 4.79 Å². The molecule has 2 aromatic rings. The van der Waals surface area contributed by atoms with E-state index >= 15 is 0 Å². The molecule has 0 fully saturated rings. The van der Waals surface area contributed by atoms with Gasteiger partial charge in [0.05, 0.1) is 0 Å². The van der Waals surface area contributed by atoms with E-state index in [-0.39, 0.29) is 22.4 Å². The quantitative estimate of drug-likeness (QED) is 0.859. The number of ketones is 1. The summed E-state index contributed by atoms with van der Waals surface area (Å²) < 4.78 is 13.1. The number of benzene rings is 1. The monoisotopic (exact) mass is 265 g/mol. The third-order valence-electron chi connectivity index (χ3n) is 2.41. The van der Waals surface area contributed by atoms with Crippen molar-refractivity contribution in [3.05, 3.63) is 35.0 Å². The van der Waals surface area contributed by atoms with Crippen molar-refractivity contribution in [2.75, 3.05) is 0 Å². The fraction of sp³-hybridized carbons (Fsp3) is 0.231. The molecule has 0 bridgehead atoms. The van der Waals surface area contributed by atoms with E-state index in [1.54, 1.807) is 12.1 Å². The zero-order valence-electron chi connectivity index (χ0n) is 9.81. The molecule has 5 heteroatoms. The molecule has 0 aliphatic heterocycles. The number of carbonyl (C=O) groups is 1. The first-order chi connectivity index (χ1) is 8.61. The van der Waals surface area contributed by atoms with Crippen molar-refractivity contribution in [1.82, 2.24) is 4.98 Å². The third-order valence-corrected chi connectivity index (χ3v) is 3.55. The Balaban J connectivity index is 2.37. The van der Waals surface area contributed by atoms with Gasteiger partial charge in [-0.2, -0.15) is 0 Å². The maximum absolute atomic E-state index is 13.1. The molecular formula is C13H12FNO2S. The molecule has 1 N–H and O–H groups in total. The lowest BCUT2D eigenvalue weighted by Crippen LogP contribution is -1.94. The van der Waals surface area contributed by atoms with Crippen LogP contribution in [0.4, 0.5) is 4.39 Å². The summed E-state index contributed by atoms with van der Waals surface area (Å²) in [6.45, 7) is 1.89. The van der Waals surface area contributed by atoms with Gasteiger partial charge < -0.3 is 5.11 Å². The van der Waals surface area contributed by atoms with E-state index in [0.717, 1.165) is 11.3 Å². The number of hydrogen-bond donors (Lipinski definition) is 1. The van der Waals surface area contributed by atoms with E-state index in [9.17, 15) is 14.3 Å². The van der Waals surface area contributed by atoms with Gasteiger partial charge in [0.1, 0.15) is 15.7 Å². The summed E-state index contributed by atoms with van der Waals surface area (Å²) in [4.78, 5) is 15.9. The summed E-state index contributed by atoms with van der Waals surface area (Å²) in [7, 11) is 0. The lowest BCUT2D eigenvalue weighted by molar-refractivity contribution is 0.0983. The maximum Gasteiger partial charge on any atom is 0.233 e. The molecule has 1 aromatic heterocycles. The minimum Gasteiger partial charge on any atom is -0.492 e. The van der Waals surface area contributed by atoms with Crippen LogP contribution >= 0.6 is 11.3 Å². The standard InChI is InChI=1S/C13H12FNO2S/c1-2-4-10(16)11-12(17)15-13(18-11)8-5-3-6-9(14)7-8/h3,5-7,17H,2,4H2,1H3. The number of hydrogen-bond acceptors (Lipinski definition) is 4. The SMILES string of the molecule is CCCC(=O)c1sc(-c2cccc(F)c2)nc1O. The van der Waals surface area contributed by atoms with Crippen LogP contribution in [0.25, 0.3) is 10.6 Å². The van der Waals surface area contributed by atoms with Crippen LogP contribution in [0.5, 0.6) is 5.88 Å². The minimum absolute atomic E-state index is 0.129. The number of Topliss-reactive ketones (excluding diaryl/α,β-unsaturated/α-hetero) is 1. The molecular weight excluding hydrogens is 253 g/mol. The Labute approximate surface area is 108 Å². The Bertz CT molecular complexity index is 580. The van der Waals surface area contributed by atoms with Crippen LogP contribution in [-0.2, 0) is 0 Å². The van der Waals surface area contributed by atoms with Gasteiger partial charge in [-0.25, -0.2) is 9.37 Å². The van der Waals surface area contributed by atoms with Crippen LogP contribution < -0.4 is 0 Å². The number of thiazole rings is 1. The number of halogens is 1. The Morgan fingerprint density at radius 1 is 1.50 bits per heavy atom. The second-order valence-electron chi connectivity index (χ2n) is 3.86. The van der Waals surface area contributed by atoms with E-state index in [2.05, 4.69) is 4.98 Å². The maximum atomic E-state index is 13.1. The summed E-state index contributed by atoms with van der Waals surface area (Å²) in [5, 5.41) is 10.1. The molecule has 1 heterocycles. The summed E-state index contributed by atoms with van der Waals surface area (Å²) >= 11 is 1.09. The van der Waals surface area contributed by atoms with Crippen molar-refractivity contribution in [2.45, 2.75) is 19.8 Å². The van der Waals surface area contributed by atoms with Crippen molar-refractivity contribution in [1.29, 1.82) is 0 Å². The van der Waals surface area contributed by atoms with Crippen LogP contribution in [-0.4, -0.2) is 15.9 Å². The largest absolute Gasteiger partial charge is 0.492 e. The van der Waals surface area contributed by atoms with Gasteiger partial charge in [-0.1, -0.05) is 19.1 Å². The van der Waals surface area contributed by atoms with Crippen LogP contribution in [0.1, 0.15) is 29.4 Å². The van der Waals surface area contributed by atoms with Gasteiger partial charge >= 0.3 is 0 Å². The number of rotatable bonds is 4. The highest BCUT2D eigenvalue weighted by Gasteiger charge is 2.17. The van der Waals surface area contributed by atoms with Gasteiger partial charge in [-0.05, 0) is 18.6 Å². The summed E-state index contributed by atoms with van der Waals surface area (Å²) in [5.41, 5.74) is 0.561. The van der Waals surface area contributed by atoms with Crippen molar-refractivity contribution in [3.63, 3.8) is 0 Å². The van der Waals surface area contributed by atoms with Gasteiger partial charge in [0.25, 0.3) is 0 Å². The van der Waals surface area contributed by atoms with Crippen LogP contribution in [0.2, 0.25) is 0 Å². The number of carbonyl (C=O) groups excluding carboxylic acids is 1. The van der Waals surface area contributed by atoms with Gasteiger partial charge in [0.2, 0.25) is 5.88 Å². The Morgan fingerprint density at radius 2 is 2.28 bits per heavy atom. The number of nitrogens with zero attached hydrogens (tertiary/aromatic N) is 1. The predicted molar refractivity (Wildman–Crippen MR) is 68.4 cm³/mol. The van der Waals surface area contributed by atoms with Crippen LogP contribution in [0.15, 0.2) is 24.3 Å². The third kappa shape index (κ3) is 2.56. The molecule has 0 saturated carbocycles. The molecule has 0 aliphatic rings. The topological polar surface area (TPSA) is 50.2 Å². The van der Waals surface area contributed by atoms with E-state index in [4.69, 9.17) is 0 Å². The second kappa shape index (κ2) is 5.27. The van der Waals surface area contributed by atoms with Crippen molar-refractivity contribution in [2.24, 2.45) is 0 Å². The van der Waals surface area contributed by atoms with Crippen LogP contribution in [0.3, 0.4) is 0 Å². The summed E-state index contributed by atoms with van der Waals surface area (Å²) in [6, 6.07) is 5.92. The first kappa shape index (κ1) is 12.7. The fourth-order valence-corrected chi connectivity index (χ4v) is 2.50. The lowest BCUT2D eigenvalue weighted by Gasteiger charge is -1.95. The zero-order valence-corrected chi connectivity index (χ0v) is 10.6. The Hall–Kier alpha value is -1.75. The highest BCUT2D eigenvalue weighted by molar-refractivity contribution is 7.17. The summed E-state index contributed by atoms with van der Waals surface area (Å²) in [6.07, 6.45) is 1.09. The molecule has 1 aromatic carbocycles. The van der Waals surface area contributed by atoms with E-state index in [1.165, 1.54) is 12.1 Å². The van der Waals surface area contributed by atoms with Crippen molar-refractivity contribution in [3.8, 4) is 16.5 Å². The first-order valence-electron chi connectivity index (χ1n) is 5.60.